The van der Waals surface area contributed by atoms with E-state index in [-0.39, 0.29) is 5.02 Å². The monoisotopic (exact) mass is 456 g/mol. The van der Waals surface area contributed by atoms with Gasteiger partial charge in [0.15, 0.2) is 0 Å². The third-order valence-corrected chi connectivity index (χ3v) is 5.02. The van der Waals surface area contributed by atoms with Crippen molar-refractivity contribution in [3.63, 3.8) is 0 Å². The quantitative estimate of drug-likeness (QED) is 0.512. The number of hydrogen-bond acceptors (Lipinski definition) is 2. The second kappa shape index (κ2) is 7.91. The van der Waals surface area contributed by atoms with E-state index in [9.17, 15) is 8.78 Å². The van der Waals surface area contributed by atoms with Crippen LogP contribution < -0.4 is 0 Å². The average molecular weight is 458 g/mol. The maximum Gasteiger partial charge on any atom is 0.256 e. The fourth-order valence-electron chi connectivity index (χ4n) is 2.71. The second-order valence-electron chi connectivity index (χ2n) is 5.55. The van der Waals surface area contributed by atoms with E-state index in [4.69, 9.17) is 23.2 Å². The molecule has 0 saturated carbocycles. The molecule has 2 heterocycles. The highest BCUT2D eigenvalue weighted by atomic mass is 79.9. The van der Waals surface area contributed by atoms with Gasteiger partial charge in [0.2, 0.25) is 0 Å². The molecular formula is C19H13BrCl2F2N2. The van der Waals surface area contributed by atoms with E-state index >= 15 is 0 Å². The van der Waals surface area contributed by atoms with E-state index in [1.807, 2.05) is 36.4 Å². The molecule has 0 spiro atoms. The van der Waals surface area contributed by atoms with Crippen molar-refractivity contribution in [3.8, 4) is 0 Å². The third-order valence-electron chi connectivity index (χ3n) is 3.84. The Kier molecular flexibility index (Phi) is 5.80. The summed E-state index contributed by atoms with van der Waals surface area (Å²) in [4.78, 5) is 5.73. The molecule has 0 bridgehead atoms. The van der Waals surface area contributed by atoms with Crippen LogP contribution in [-0.2, 0) is 0 Å². The summed E-state index contributed by atoms with van der Waals surface area (Å²) in [7, 11) is 0. The SMILES string of the molecule is C=C1C(Br)=CC(c2ccccc2)=C(c2ncc(Cl)cc2Cl)N1CC(F)F. The highest BCUT2D eigenvalue weighted by molar-refractivity contribution is 9.12. The maximum atomic E-state index is 13.3. The number of alkyl halides is 2. The molecule has 0 atom stereocenters. The van der Waals surface area contributed by atoms with Gasteiger partial charge in [-0.05, 0) is 33.6 Å². The summed E-state index contributed by atoms with van der Waals surface area (Å²) >= 11 is 15.7. The molecule has 2 aromatic rings. The molecule has 26 heavy (non-hydrogen) atoms. The Morgan fingerprint density at radius 1 is 1.19 bits per heavy atom. The number of aromatic nitrogens is 1. The van der Waals surface area contributed by atoms with E-state index in [0.717, 1.165) is 5.56 Å². The molecule has 1 aliphatic heterocycles. The van der Waals surface area contributed by atoms with Crippen LogP contribution in [0, 0.1) is 0 Å². The second-order valence-corrected chi connectivity index (χ2v) is 7.25. The van der Waals surface area contributed by atoms with Gasteiger partial charge in [-0.3, -0.25) is 4.98 Å². The summed E-state index contributed by atoms with van der Waals surface area (Å²) in [6.45, 7) is 3.39. The van der Waals surface area contributed by atoms with Crippen LogP contribution in [0.4, 0.5) is 8.78 Å². The van der Waals surface area contributed by atoms with E-state index in [2.05, 4.69) is 27.5 Å². The lowest BCUT2D eigenvalue weighted by atomic mass is 9.97. The lowest BCUT2D eigenvalue weighted by Crippen LogP contribution is -2.30. The summed E-state index contributed by atoms with van der Waals surface area (Å²) in [5.74, 6) is 0. The molecule has 0 fully saturated rings. The van der Waals surface area contributed by atoms with Gasteiger partial charge >= 0.3 is 0 Å². The maximum absolute atomic E-state index is 13.3. The first-order valence-electron chi connectivity index (χ1n) is 7.61. The van der Waals surface area contributed by atoms with Gasteiger partial charge in [0.25, 0.3) is 6.43 Å². The van der Waals surface area contributed by atoms with Crippen molar-refractivity contribution < 1.29 is 8.78 Å². The minimum atomic E-state index is -2.57. The molecule has 2 nitrogen and oxygen atoms in total. The average Bonchev–Trinajstić information content (AvgIpc) is 2.60. The van der Waals surface area contributed by atoms with E-state index < -0.39 is 13.0 Å². The largest absolute Gasteiger partial charge is 0.333 e. The van der Waals surface area contributed by atoms with Gasteiger partial charge in [0.05, 0.1) is 22.3 Å². The van der Waals surface area contributed by atoms with Crippen LogP contribution in [0.2, 0.25) is 10.0 Å². The Labute approximate surface area is 168 Å². The summed E-state index contributed by atoms with van der Waals surface area (Å²) in [5, 5.41) is 0.645. The van der Waals surface area contributed by atoms with E-state index in [1.54, 1.807) is 0 Å². The molecule has 0 radical (unpaired) electrons. The van der Waals surface area contributed by atoms with Crippen LogP contribution in [0.5, 0.6) is 0 Å². The minimum absolute atomic E-state index is 0.277. The minimum Gasteiger partial charge on any atom is -0.333 e. The molecule has 1 aromatic heterocycles. The molecular weight excluding hydrogens is 445 g/mol. The number of pyridine rings is 1. The Hall–Kier alpha value is -1.69. The van der Waals surface area contributed by atoms with Crippen molar-refractivity contribution in [1.82, 2.24) is 9.88 Å². The molecule has 0 N–H and O–H groups in total. The number of allylic oxidation sites excluding steroid dienone is 3. The first-order valence-corrected chi connectivity index (χ1v) is 9.16. The molecule has 1 aliphatic rings. The summed E-state index contributed by atoms with van der Waals surface area (Å²) in [6.07, 6.45) is 0.708. The van der Waals surface area contributed by atoms with Crippen molar-refractivity contribution in [2.45, 2.75) is 6.43 Å². The van der Waals surface area contributed by atoms with Crippen molar-refractivity contribution in [3.05, 3.63) is 86.7 Å². The number of halogens is 5. The van der Waals surface area contributed by atoms with Gasteiger partial charge in [-0.1, -0.05) is 60.1 Å². The number of benzene rings is 1. The van der Waals surface area contributed by atoms with Gasteiger partial charge in [-0.25, -0.2) is 8.78 Å². The molecule has 0 unspecified atom stereocenters. The molecule has 0 amide bonds. The van der Waals surface area contributed by atoms with Gasteiger partial charge in [-0.15, -0.1) is 0 Å². The van der Waals surface area contributed by atoms with Gasteiger partial charge in [-0.2, -0.15) is 0 Å². The number of nitrogens with zero attached hydrogens (tertiary/aromatic N) is 2. The molecule has 0 saturated heterocycles. The van der Waals surface area contributed by atoms with Crippen LogP contribution in [0.25, 0.3) is 11.3 Å². The van der Waals surface area contributed by atoms with Crippen molar-refractivity contribution in [1.29, 1.82) is 0 Å². The standard InChI is InChI=1S/C19H13BrCl2F2N2/c1-11-15(20)8-14(12-5-3-2-4-6-12)19(26(11)10-17(23)24)18-16(22)7-13(21)9-25-18/h2-9,17H,1,10H2. The van der Waals surface area contributed by atoms with Crippen LogP contribution in [0.15, 0.2) is 65.4 Å². The number of rotatable bonds is 4. The smallest absolute Gasteiger partial charge is 0.256 e. The third kappa shape index (κ3) is 3.85. The normalized spacial score (nSPS) is 14.9. The zero-order valence-corrected chi connectivity index (χ0v) is 16.5. The Morgan fingerprint density at radius 3 is 2.50 bits per heavy atom. The van der Waals surface area contributed by atoms with Gasteiger partial charge in [0, 0.05) is 21.9 Å². The topological polar surface area (TPSA) is 16.1 Å². The molecule has 0 aliphatic carbocycles. The number of hydrogen-bond donors (Lipinski definition) is 0. The van der Waals surface area contributed by atoms with Crippen LogP contribution in [0.1, 0.15) is 11.3 Å². The highest BCUT2D eigenvalue weighted by Crippen LogP contribution is 2.42. The first-order chi connectivity index (χ1) is 12.4. The Bertz CT molecular complexity index is 911. The van der Waals surface area contributed by atoms with E-state index in [1.165, 1.54) is 17.2 Å². The Morgan fingerprint density at radius 2 is 1.88 bits per heavy atom. The van der Waals surface area contributed by atoms with Crippen LogP contribution >= 0.6 is 39.1 Å². The fourth-order valence-corrected chi connectivity index (χ4v) is 3.62. The lowest BCUT2D eigenvalue weighted by molar-refractivity contribution is 0.123. The van der Waals surface area contributed by atoms with Crippen LogP contribution in [-0.4, -0.2) is 22.9 Å². The fraction of sp³-hybridized carbons (Fsp3) is 0.105. The summed E-state index contributed by atoms with van der Waals surface area (Å²) < 4.78 is 27.2. The Balaban J connectivity index is 2.31. The highest BCUT2D eigenvalue weighted by Gasteiger charge is 2.29. The van der Waals surface area contributed by atoms with E-state index in [0.29, 0.717) is 32.2 Å². The molecule has 7 heteroatoms. The summed E-state index contributed by atoms with van der Waals surface area (Å²) in [5.41, 5.74) is 2.80. The summed E-state index contributed by atoms with van der Waals surface area (Å²) in [6, 6.07) is 11.0. The molecule has 1 aromatic carbocycles. The first kappa shape index (κ1) is 19.1. The molecule has 3 rings (SSSR count). The zero-order valence-electron chi connectivity index (χ0n) is 13.4. The predicted octanol–water partition coefficient (Wildman–Crippen LogP) is 6.63. The van der Waals surface area contributed by atoms with Gasteiger partial charge in [0.1, 0.15) is 5.69 Å². The molecule has 134 valence electrons. The van der Waals surface area contributed by atoms with Crippen molar-refractivity contribution in [2.75, 3.05) is 6.54 Å². The van der Waals surface area contributed by atoms with Crippen molar-refractivity contribution >= 4 is 50.4 Å². The lowest BCUT2D eigenvalue weighted by Gasteiger charge is -2.34. The van der Waals surface area contributed by atoms with Crippen molar-refractivity contribution in [2.24, 2.45) is 0 Å². The van der Waals surface area contributed by atoms with Crippen LogP contribution in [0.3, 0.4) is 0 Å². The zero-order chi connectivity index (χ0) is 18.8. The van der Waals surface area contributed by atoms with Gasteiger partial charge < -0.3 is 4.90 Å². The predicted molar refractivity (Wildman–Crippen MR) is 106 cm³/mol.